The molecule has 94 valence electrons. The van der Waals surface area contributed by atoms with Crippen molar-refractivity contribution in [3.8, 4) is 0 Å². The van der Waals surface area contributed by atoms with Gasteiger partial charge in [-0.2, -0.15) is 0 Å². The van der Waals surface area contributed by atoms with E-state index in [1.807, 2.05) is 11.8 Å². The van der Waals surface area contributed by atoms with Gasteiger partial charge in [-0.15, -0.1) is 0 Å². The number of nitrogens with zero attached hydrogens (tertiary/aromatic N) is 1. The molecule has 0 spiro atoms. The molecule has 0 bridgehead atoms. The molecule has 2 unspecified atom stereocenters. The number of thioether (sulfide) groups is 1. The highest BCUT2D eigenvalue weighted by atomic mass is 32.2. The number of hydrogen-bond acceptors (Lipinski definition) is 3. The SMILES string of the molecule is CCCCCC(C)NC1=NC(C(C)C)CS1. The van der Waals surface area contributed by atoms with Crippen LogP contribution in [-0.2, 0) is 0 Å². The Morgan fingerprint density at radius 3 is 2.69 bits per heavy atom. The maximum atomic E-state index is 4.72. The van der Waals surface area contributed by atoms with Crippen LogP contribution in [0.15, 0.2) is 4.99 Å². The first-order valence-corrected chi connectivity index (χ1v) is 7.59. The molecule has 0 aliphatic carbocycles. The van der Waals surface area contributed by atoms with Crippen LogP contribution in [0.4, 0.5) is 0 Å². The number of aliphatic imine (C=N–C) groups is 1. The van der Waals surface area contributed by atoms with Crippen LogP contribution in [0, 0.1) is 5.92 Å². The van der Waals surface area contributed by atoms with Crippen LogP contribution in [0.3, 0.4) is 0 Å². The Bertz CT molecular complexity index is 226. The standard InChI is InChI=1S/C13H26N2S/c1-5-6-7-8-11(4)14-13-15-12(9-16-13)10(2)3/h10-12H,5-9H2,1-4H3,(H,14,15). The van der Waals surface area contributed by atoms with Crippen molar-refractivity contribution in [3.05, 3.63) is 0 Å². The minimum Gasteiger partial charge on any atom is -0.362 e. The minimum atomic E-state index is 0.523. The van der Waals surface area contributed by atoms with E-state index >= 15 is 0 Å². The number of nitrogens with one attached hydrogen (secondary N) is 1. The van der Waals surface area contributed by atoms with Crippen molar-refractivity contribution in [3.63, 3.8) is 0 Å². The number of unbranched alkanes of at least 4 members (excludes halogenated alkanes) is 2. The number of hydrogen-bond donors (Lipinski definition) is 1. The zero-order valence-corrected chi connectivity index (χ0v) is 11.9. The lowest BCUT2D eigenvalue weighted by atomic mass is 10.1. The smallest absolute Gasteiger partial charge is 0.157 e. The second-order valence-electron chi connectivity index (χ2n) is 5.10. The van der Waals surface area contributed by atoms with Crippen LogP contribution >= 0.6 is 11.8 Å². The van der Waals surface area contributed by atoms with Gasteiger partial charge < -0.3 is 5.32 Å². The van der Waals surface area contributed by atoms with E-state index in [1.54, 1.807) is 0 Å². The van der Waals surface area contributed by atoms with Crippen molar-refractivity contribution in [2.24, 2.45) is 10.9 Å². The molecule has 1 aliphatic rings. The third-order valence-electron chi connectivity index (χ3n) is 3.05. The number of amidine groups is 1. The van der Waals surface area contributed by atoms with Crippen LogP contribution in [-0.4, -0.2) is 23.0 Å². The molecular formula is C13H26N2S. The van der Waals surface area contributed by atoms with Gasteiger partial charge in [-0.05, 0) is 19.3 Å². The fourth-order valence-electron chi connectivity index (χ4n) is 1.79. The van der Waals surface area contributed by atoms with E-state index in [0.717, 1.165) is 5.75 Å². The first-order chi connectivity index (χ1) is 7.63. The molecule has 3 heteroatoms. The highest BCUT2D eigenvalue weighted by Gasteiger charge is 2.21. The minimum absolute atomic E-state index is 0.523. The Balaban J connectivity index is 2.24. The lowest BCUT2D eigenvalue weighted by Gasteiger charge is -2.14. The third kappa shape index (κ3) is 4.77. The summed E-state index contributed by atoms with van der Waals surface area (Å²) in [6.45, 7) is 9.02. The molecule has 1 N–H and O–H groups in total. The van der Waals surface area contributed by atoms with Crippen LogP contribution in [0.1, 0.15) is 53.4 Å². The van der Waals surface area contributed by atoms with Crippen LogP contribution in [0.25, 0.3) is 0 Å². The fourth-order valence-corrected chi connectivity index (χ4v) is 3.08. The first kappa shape index (κ1) is 13.9. The Morgan fingerprint density at radius 2 is 2.12 bits per heavy atom. The molecule has 0 fully saturated rings. The van der Waals surface area contributed by atoms with Crippen molar-refractivity contribution in [2.45, 2.75) is 65.5 Å². The largest absolute Gasteiger partial charge is 0.362 e. The van der Waals surface area contributed by atoms with Gasteiger partial charge in [0.1, 0.15) is 0 Å². The number of rotatable bonds is 6. The van der Waals surface area contributed by atoms with Gasteiger partial charge in [0.2, 0.25) is 0 Å². The van der Waals surface area contributed by atoms with Gasteiger partial charge in [0.15, 0.2) is 5.17 Å². The molecule has 2 nitrogen and oxygen atoms in total. The second kappa shape index (κ2) is 7.21. The van der Waals surface area contributed by atoms with E-state index in [-0.39, 0.29) is 0 Å². The van der Waals surface area contributed by atoms with Crippen molar-refractivity contribution < 1.29 is 0 Å². The Hall–Kier alpha value is -0.180. The summed E-state index contributed by atoms with van der Waals surface area (Å²) in [5.74, 6) is 1.82. The van der Waals surface area contributed by atoms with E-state index in [9.17, 15) is 0 Å². The summed E-state index contributed by atoms with van der Waals surface area (Å²) in [6.07, 6.45) is 5.24. The topological polar surface area (TPSA) is 24.4 Å². The zero-order chi connectivity index (χ0) is 12.0. The van der Waals surface area contributed by atoms with Crippen LogP contribution in [0.5, 0.6) is 0 Å². The zero-order valence-electron chi connectivity index (χ0n) is 11.1. The molecule has 1 aliphatic heterocycles. The molecule has 0 amide bonds. The third-order valence-corrected chi connectivity index (χ3v) is 4.06. The second-order valence-corrected chi connectivity index (χ2v) is 6.11. The molecule has 1 heterocycles. The van der Waals surface area contributed by atoms with E-state index in [0.29, 0.717) is 18.0 Å². The summed E-state index contributed by atoms with van der Waals surface area (Å²) in [7, 11) is 0. The molecule has 0 aromatic heterocycles. The molecule has 0 aromatic carbocycles. The van der Waals surface area contributed by atoms with Crippen molar-refractivity contribution in [1.82, 2.24) is 5.32 Å². The lowest BCUT2D eigenvalue weighted by Crippen LogP contribution is -2.29. The molecular weight excluding hydrogens is 216 g/mol. The lowest BCUT2D eigenvalue weighted by molar-refractivity contribution is 0.534. The average Bonchev–Trinajstić information content (AvgIpc) is 2.66. The van der Waals surface area contributed by atoms with Gasteiger partial charge >= 0.3 is 0 Å². The van der Waals surface area contributed by atoms with Gasteiger partial charge in [0.25, 0.3) is 0 Å². The predicted octanol–water partition coefficient (Wildman–Crippen LogP) is 3.67. The molecule has 2 atom stereocenters. The molecule has 0 aromatic rings. The van der Waals surface area contributed by atoms with Crippen molar-refractivity contribution in [1.29, 1.82) is 0 Å². The first-order valence-electron chi connectivity index (χ1n) is 6.60. The Labute approximate surface area is 105 Å². The summed E-state index contributed by atoms with van der Waals surface area (Å²) in [5, 5.41) is 4.70. The highest BCUT2D eigenvalue weighted by molar-refractivity contribution is 8.14. The summed E-state index contributed by atoms with van der Waals surface area (Å²) in [5.41, 5.74) is 0. The quantitative estimate of drug-likeness (QED) is 0.719. The average molecular weight is 242 g/mol. The van der Waals surface area contributed by atoms with Crippen molar-refractivity contribution in [2.75, 3.05) is 5.75 Å². The highest BCUT2D eigenvalue weighted by Crippen LogP contribution is 2.22. The predicted molar refractivity (Wildman–Crippen MR) is 75.3 cm³/mol. The summed E-state index contributed by atoms with van der Waals surface area (Å²) in [6, 6.07) is 1.10. The summed E-state index contributed by atoms with van der Waals surface area (Å²) in [4.78, 5) is 4.72. The van der Waals surface area contributed by atoms with Gasteiger partial charge in [-0.25, -0.2) is 0 Å². The van der Waals surface area contributed by atoms with Gasteiger partial charge in [-0.3, -0.25) is 4.99 Å². The summed E-state index contributed by atoms with van der Waals surface area (Å²) >= 11 is 1.89. The molecule has 16 heavy (non-hydrogen) atoms. The van der Waals surface area contributed by atoms with Crippen LogP contribution < -0.4 is 5.32 Å². The fraction of sp³-hybridized carbons (Fsp3) is 0.923. The van der Waals surface area contributed by atoms with Crippen molar-refractivity contribution >= 4 is 16.9 Å². The van der Waals surface area contributed by atoms with Gasteiger partial charge in [0, 0.05) is 11.8 Å². The normalized spacial score (nSPS) is 22.3. The molecule has 0 saturated heterocycles. The maximum Gasteiger partial charge on any atom is 0.157 e. The van der Waals surface area contributed by atoms with Crippen LogP contribution in [0.2, 0.25) is 0 Å². The van der Waals surface area contributed by atoms with E-state index in [4.69, 9.17) is 4.99 Å². The summed E-state index contributed by atoms with van der Waals surface area (Å²) < 4.78 is 0. The Morgan fingerprint density at radius 1 is 1.38 bits per heavy atom. The Kier molecular flexibility index (Phi) is 6.25. The molecule has 0 radical (unpaired) electrons. The van der Waals surface area contributed by atoms with Gasteiger partial charge in [0.05, 0.1) is 6.04 Å². The molecule has 0 saturated carbocycles. The van der Waals surface area contributed by atoms with E-state index in [2.05, 4.69) is 33.0 Å². The van der Waals surface area contributed by atoms with Gasteiger partial charge in [-0.1, -0.05) is 51.8 Å². The van der Waals surface area contributed by atoms with E-state index < -0.39 is 0 Å². The maximum absolute atomic E-state index is 4.72. The molecule has 1 rings (SSSR count). The van der Waals surface area contributed by atoms with E-state index in [1.165, 1.54) is 30.9 Å². The monoisotopic (exact) mass is 242 g/mol.